The molecule has 3 aliphatic heterocycles. The monoisotopic (exact) mass is 619 g/mol. The summed E-state index contributed by atoms with van der Waals surface area (Å²) < 4.78 is 21.1. The van der Waals surface area contributed by atoms with E-state index in [1.54, 1.807) is 22.9 Å². The van der Waals surface area contributed by atoms with Crippen molar-refractivity contribution in [3.63, 3.8) is 0 Å². The minimum Gasteiger partial charge on any atom is -0.489 e. The van der Waals surface area contributed by atoms with E-state index in [1.807, 2.05) is 18.2 Å². The van der Waals surface area contributed by atoms with Crippen LogP contribution in [0.15, 0.2) is 36.4 Å². The largest absolute Gasteiger partial charge is 0.489 e. The lowest BCUT2D eigenvalue weighted by atomic mass is 9.83. The first kappa shape index (κ1) is 31.5. The molecule has 4 fully saturated rings. The van der Waals surface area contributed by atoms with Gasteiger partial charge in [-0.1, -0.05) is 19.3 Å². The molecule has 1 atom stereocenters. The third kappa shape index (κ3) is 7.33. The highest BCUT2D eigenvalue weighted by atomic mass is 19.1. The summed E-state index contributed by atoms with van der Waals surface area (Å²) in [5.41, 5.74) is 2.39. The van der Waals surface area contributed by atoms with Gasteiger partial charge in [0.15, 0.2) is 0 Å². The van der Waals surface area contributed by atoms with Crippen molar-refractivity contribution in [2.75, 3.05) is 64.3 Å². The zero-order valence-electron chi connectivity index (χ0n) is 26.4. The van der Waals surface area contributed by atoms with Crippen molar-refractivity contribution in [2.24, 2.45) is 5.92 Å². The predicted molar refractivity (Wildman–Crippen MR) is 171 cm³/mol. The first-order valence-electron chi connectivity index (χ1n) is 16.8. The Balaban J connectivity index is 1.10. The van der Waals surface area contributed by atoms with E-state index in [-0.39, 0.29) is 35.3 Å². The number of piperidine rings is 1. The molecule has 6 rings (SSSR count). The number of nitrogens with one attached hydrogen (secondary N) is 2. The lowest BCUT2D eigenvalue weighted by Gasteiger charge is -2.35. The number of rotatable bonds is 7. The molecule has 3 saturated heterocycles. The molecule has 3 amide bonds. The van der Waals surface area contributed by atoms with E-state index >= 15 is 0 Å². The number of halogens is 1. The van der Waals surface area contributed by atoms with Crippen LogP contribution < -0.4 is 20.3 Å². The summed E-state index contributed by atoms with van der Waals surface area (Å²) in [6.45, 7) is 4.87. The standard InChI is InChI=1S/C35H46FN5O4/c1-39(33(42)25-9-12-37-13-10-25)29-20-27(19-28(36)22-29)35(44)41-17-15-40(16-18-41)34(43)26-7-8-32(45-30-11-14-38-23-30)31(21-26)24-5-3-2-4-6-24/h7-8,19-22,24-25,30,37-38H,2-6,9-18,23H2,1H3/t30-/m0/s1. The molecule has 242 valence electrons. The minimum absolute atomic E-state index is 0.0423. The Labute approximate surface area is 265 Å². The van der Waals surface area contributed by atoms with Crippen LogP contribution in [0.1, 0.15) is 83.6 Å². The summed E-state index contributed by atoms with van der Waals surface area (Å²) in [6, 6.07) is 10.0. The van der Waals surface area contributed by atoms with E-state index in [2.05, 4.69) is 10.6 Å². The Bertz CT molecular complexity index is 1380. The number of hydrogen-bond acceptors (Lipinski definition) is 6. The van der Waals surface area contributed by atoms with Crippen LogP contribution in [-0.2, 0) is 4.79 Å². The number of carbonyl (C=O) groups excluding carboxylic acids is 3. The van der Waals surface area contributed by atoms with E-state index in [0.29, 0.717) is 43.3 Å². The lowest BCUT2D eigenvalue weighted by Crippen LogP contribution is -2.50. The fraction of sp³-hybridized carbons (Fsp3) is 0.571. The molecule has 0 unspecified atom stereocenters. The van der Waals surface area contributed by atoms with Gasteiger partial charge in [-0.25, -0.2) is 4.39 Å². The van der Waals surface area contributed by atoms with Crippen LogP contribution in [0.5, 0.6) is 5.75 Å². The fourth-order valence-electron chi connectivity index (χ4n) is 7.27. The molecule has 0 spiro atoms. The number of anilines is 1. The molecule has 45 heavy (non-hydrogen) atoms. The Morgan fingerprint density at radius 1 is 0.800 bits per heavy atom. The summed E-state index contributed by atoms with van der Waals surface area (Å²) in [5, 5.41) is 6.62. The highest BCUT2D eigenvalue weighted by Crippen LogP contribution is 2.39. The Kier molecular flexibility index (Phi) is 10.00. The molecule has 0 aromatic heterocycles. The van der Waals surface area contributed by atoms with Crippen molar-refractivity contribution < 1.29 is 23.5 Å². The highest BCUT2D eigenvalue weighted by molar-refractivity contribution is 5.99. The summed E-state index contributed by atoms with van der Waals surface area (Å²) in [4.78, 5) is 45.1. The van der Waals surface area contributed by atoms with Gasteiger partial charge in [-0.3, -0.25) is 14.4 Å². The molecular formula is C35H46FN5O4. The molecule has 2 aromatic rings. The van der Waals surface area contributed by atoms with Crippen LogP contribution in [-0.4, -0.2) is 93.0 Å². The van der Waals surface area contributed by atoms with Crippen molar-refractivity contribution >= 4 is 23.4 Å². The maximum absolute atomic E-state index is 14.7. The normalized spacial score (nSPS) is 21.5. The van der Waals surface area contributed by atoms with E-state index in [1.165, 1.54) is 36.3 Å². The van der Waals surface area contributed by atoms with E-state index in [4.69, 9.17) is 4.74 Å². The van der Waals surface area contributed by atoms with Gasteiger partial charge in [0.05, 0.1) is 0 Å². The maximum atomic E-state index is 14.7. The number of ether oxygens (including phenoxy) is 1. The molecule has 1 saturated carbocycles. The van der Waals surface area contributed by atoms with Gasteiger partial charge in [0.2, 0.25) is 5.91 Å². The molecule has 2 N–H and O–H groups in total. The van der Waals surface area contributed by atoms with Gasteiger partial charge < -0.3 is 30.1 Å². The molecule has 0 bridgehead atoms. The third-order valence-electron chi connectivity index (χ3n) is 10.0. The van der Waals surface area contributed by atoms with Gasteiger partial charge in [-0.15, -0.1) is 0 Å². The van der Waals surface area contributed by atoms with Crippen molar-refractivity contribution in [1.82, 2.24) is 20.4 Å². The average molecular weight is 620 g/mol. The van der Waals surface area contributed by atoms with E-state index in [9.17, 15) is 18.8 Å². The first-order valence-corrected chi connectivity index (χ1v) is 16.8. The van der Waals surface area contributed by atoms with E-state index < -0.39 is 5.82 Å². The number of hydrogen-bond donors (Lipinski definition) is 2. The maximum Gasteiger partial charge on any atom is 0.254 e. The number of nitrogens with zero attached hydrogens (tertiary/aromatic N) is 3. The van der Waals surface area contributed by atoms with Gasteiger partial charge in [-0.2, -0.15) is 0 Å². The molecular weight excluding hydrogens is 573 g/mol. The van der Waals surface area contributed by atoms with Crippen LogP contribution in [0.25, 0.3) is 0 Å². The van der Waals surface area contributed by atoms with Gasteiger partial charge >= 0.3 is 0 Å². The zero-order valence-corrected chi connectivity index (χ0v) is 26.4. The van der Waals surface area contributed by atoms with Crippen molar-refractivity contribution in [3.8, 4) is 5.75 Å². The van der Waals surface area contributed by atoms with Crippen LogP contribution in [0.4, 0.5) is 10.1 Å². The summed E-state index contributed by atoms with van der Waals surface area (Å²) in [5.74, 6) is 0.230. The Morgan fingerprint density at radius 3 is 2.13 bits per heavy atom. The first-order chi connectivity index (χ1) is 21.9. The summed E-state index contributed by atoms with van der Waals surface area (Å²) in [7, 11) is 1.64. The van der Waals surface area contributed by atoms with Crippen LogP contribution in [0, 0.1) is 11.7 Å². The van der Waals surface area contributed by atoms with Crippen LogP contribution >= 0.6 is 0 Å². The Hall–Kier alpha value is -3.50. The van der Waals surface area contributed by atoms with Crippen molar-refractivity contribution in [1.29, 1.82) is 0 Å². The topological polar surface area (TPSA) is 94.2 Å². The smallest absolute Gasteiger partial charge is 0.254 e. The number of benzene rings is 2. The number of piperazine rings is 1. The fourth-order valence-corrected chi connectivity index (χ4v) is 7.27. The molecule has 0 radical (unpaired) electrons. The Morgan fingerprint density at radius 2 is 1.47 bits per heavy atom. The second-order valence-electron chi connectivity index (χ2n) is 13.0. The van der Waals surface area contributed by atoms with Gasteiger partial charge in [0, 0.05) is 62.5 Å². The van der Waals surface area contributed by atoms with Crippen LogP contribution in [0.3, 0.4) is 0 Å². The van der Waals surface area contributed by atoms with Crippen LogP contribution in [0.2, 0.25) is 0 Å². The van der Waals surface area contributed by atoms with Crippen molar-refractivity contribution in [3.05, 3.63) is 58.9 Å². The molecule has 3 heterocycles. The molecule has 2 aromatic carbocycles. The average Bonchev–Trinajstić information content (AvgIpc) is 3.61. The highest BCUT2D eigenvalue weighted by Gasteiger charge is 2.30. The summed E-state index contributed by atoms with van der Waals surface area (Å²) in [6.07, 6.45) is 8.49. The van der Waals surface area contributed by atoms with Gasteiger partial charge in [-0.05, 0) is 99.6 Å². The SMILES string of the molecule is CN(C(=O)C1CCNCC1)c1cc(F)cc(C(=O)N2CCN(C(=O)c3ccc(O[C@H]4CCNC4)c(C4CCCCC4)c3)CC2)c1. The van der Waals surface area contributed by atoms with Gasteiger partial charge in [0.1, 0.15) is 17.7 Å². The quantitative estimate of drug-likeness (QED) is 0.483. The lowest BCUT2D eigenvalue weighted by molar-refractivity contribution is -0.122. The van der Waals surface area contributed by atoms with Crippen molar-refractivity contribution in [2.45, 2.75) is 63.4 Å². The minimum atomic E-state index is -0.556. The number of amides is 3. The summed E-state index contributed by atoms with van der Waals surface area (Å²) >= 11 is 0. The second kappa shape index (κ2) is 14.3. The number of carbonyl (C=O) groups is 3. The van der Waals surface area contributed by atoms with Gasteiger partial charge in [0.25, 0.3) is 11.8 Å². The molecule has 10 heteroatoms. The third-order valence-corrected chi connectivity index (χ3v) is 10.0. The zero-order chi connectivity index (χ0) is 31.3. The second-order valence-corrected chi connectivity index (χ2v) is 13.0. The predicted octanol–water partition coefficient (Wildman–Crippen LogP) is 4.17. The van der Waals surface area contributed by atoms with E-state index in [0.717, 1.165) is 69.6 Å². The molecule has 1 aliphatic carbocycles. The molecule has 4 aliphatic rings. The molecule has 9 nitrogen and oxygen atoms in total.